The van der Waals surface area contributed by atoms with E-state index in [2.05, 4.69) is 63.3 Å². The Balaban J connectivity index is 2.08. The normalized spacial score (nSPS) is 19.2. The summed E-state index contributed by atoms with van der Waals surface area (Å²) in [6.07, 6.45) is 5.77. The van der Waals surface area contributed by atoms with Crippen LogP contribution in [0.4, 0.5) is 0 Å². The summed E-state index contributed by atoms with van der Waals surface area (Å²) in [4.78, 5) is 0. The first-order chi connectivity index (χ1) is 8.39. The van der Waals surface area contributed by atoms with Crippen molar-refractivity contribution in [1.29, 1.82) is 0 Å². The first kappa shape index (κ1) is 13.4. The SMILES string of the molecule is CC1(C)CC=C(O[Si](C)(C)c2ccccc2)CC1. The van der Waals surface area contributed by atoms with E-state index in [1.165, 1.54) is 17.4 Å². The standard InChI is InChI=1S/C16H24OSi/c1-16(2)12-10-14(11-13-16)17-18(3,4)15-8-6-5-7-9-15/h5-10H,11-13H2,1-4H3. The van der Waals surface area contributed by atoms with Gasteiger partial charge in [0.15, 0.2) is 0 Å². The zero-order valence-electron chi connectivity index (χ0n) is 12.0. The maximum absolute atomic E-state index is 6.36. The molecule has 0 heterocycles. The highest BCUT2D eigenvalue weighted by Gasteiger charge is 2.30. The molecule has 0 saturated carbocycles. The summed E-state index contributed by atoms with van der Waals surface area (Å²) in [6, 6.07) is 10.7. The fourth-order valence-corrected chi connectivity index (χ4v) is 4.33. The van der Waals surface area contributed by atoms with E-state index in [1.54, 1.807) is 0 Å². The molecule has 0 N–H and O–H groups in total. The molecule has 0 fully saturated rings. The third kappa shape index (κ3) is 3.26. The lowest BCUT2D eigenvalue weighted by molar-refractivity contribution is 0.277. The fourth-order valence-electron chi connectivity index (χ4n) is 2.37. The van der Waals surface area contributed by atoms with E-state index in [1.807, 2.05) is 0 Å². The highest BCUT2D eigenvalue weighted by atomic mass is 28.4. The van der Waals surface area contributed by atoms with Crippen LogP contribution in [0.15, 0.2) is 42.2 Å². The van der Waals surface area contributed by atoms with Gasteiger partial charge in [0.25, 0.3) is 8.32 Å². The molecule has 0 radical (unpaired) electrons. The van der Waals surface area contributed by atoms with Crippen molar-refractivity contribution in [2.45, 2.75) is 46.2 Å². The van der Waals surface area contributed by atoms with Crippen LogP contribution in [-0.2, 0) is 4.43 Å². The predicted octanol–water partition coefficient (Wildman–Crippen LogP) is 4.21. The summed E-state index contributed by atoms with van der Waals surface area (Å²) >= 11 is 0. The van der Waals surface area contributed by atoms with E-state index < -0.39 is 8.32 Å². The first-order valence-electron chi connectivity index (χ1n) is 6.83. The maximum Gasteiger partial charge on any atom is 0.276 e. The third-order valence-electron chi connectivity index (χ3n) is 3.79. The van der Waals surface area contributed by atoms with Crippen LogP contribution >= 0.6 is 0 Å². The van der Waals surface area contributed by atoms with Gasteiger partial charge in [0, 0.05) is 6.42 Å². The number of benzene rings is 1. The molecule has 0 spiro atoms. The highest BCUT2D eigenvalue weighted by Crippen LogP contribution is 2.35. The van der Waals surface area contributed by atoms with Gasteiger partial charge in [-0.2, -0.15) is 0 Å². The van der Waals surface area contributed by atoms with Crippen LogP contribution in [0.1, 0.15) is 33.1 Å². The Hall–Kier alpha value is -1.02. The second-order valence-corrected chi connectivity index (χ2v) is 10.3. The average molecular weight is 260 g/mol. The molecule has 0 aromatic heterocycles. The van der Waals surface area contributed by atoms with E-state index in [9.17, 15) is 0 Å². The molecule has 2 heteroatoms. The molecule has 98 valence electrons. The van der Waals surface area contributed by atoms with E-state index in [0.29, 0.717) is 5.41 Å². The minimum atomic E-state index is -1.78. The Kier molecular flexibility index (Phi) is 3.67. The molecule has 2 rings (SSSR count). The van der Waals surface area contributed by atoms with Crippen molar-refractivity contribution in [3.63, 3.8) is 0 Å². The molecule has 1 nitrogen and oxygen atoms in total. The van der Waals surface area contributed by atoms with Gasteiger partial charge < -0.3 is 4.43 Å². The molecular weight excluding hydrogens is 236 g/mol. The lowest BCUT2D eigenvalue weighted by Crippen LogP contribution is -2.44. The van der Waals surface area contributed by atoms with E-state index >= 15 is 0 Å². The van der Waals surface area contributed by atoms with Gasteiger partial charge in [-0.15, -0.1) is 0 Å². The van der Waals surface area contributed by atoms with E-state index in [-0.39, 0.29) is 0 Å². The number of hydrogen-bond donors (Lipinski definition) is 0. The van der Waals surface area contributed by atoms with Crippen molar-refractivity contribution in [1.82, 2.24) is 0 Å². The van der Waals surface area contributed by atoms with Crippen LogP contribution < -0.4 is 5.19 Å². The monoisotopic (exact) mass is 260 g/mol. The number of hydrogen-bond acceptors (Lipinski definition) is 1. The summed E-state index contributed by atoms with van der Waals surface area (Å²) in [5.74, 6) is 1.22. The summed E-state index contributed by atoms with van der Waals surface area (Å²) in [6.45, 7) is 9.23. The van der Waals surface area contributed by atoms with Crippen LogP contribution in [0.2, 0.25) is 13.1 Å². The first-order valence-corrected chi connectivity index (χ1v) is 9.73. The Morgan fingerprint density at radius 3 is 2.33 bits per heavy atom. The number of allylic oxidation sites excluding steroid dienone is 2. The van der Waals surface area contributed by atoms with Crippen LogP contribution in [-0.4, -0.2) is 8.32 Å². The van der Waals surface area contributed by atoms with Crippen LogP contribution in [0.25, 0.3) is 0 Å². The van der Waals surface area contributed by atoms with Gasteiger partial charge in [-0.1, -0.05) is 44.2 Å². The van der Waals surface area contributed by atoms with Gasteiger partial charge in [0.05, 0.1) is 5.76 Å². The van der Waals surface area contributed by atoms with Gasteiger partial charge in [-0.25, -0.2) is 0 Å². The van der Waals surface area contributed by atoms with Crippen molar-refractivity contribution < 1.29 is 4.43 Å². The minimum absolute atomic E-state index is 0.450. The van der Waals surface area contributed by atoms with Gasteiger partial charge in [0.1, 0.15) is 0 Å². The third-order valence-corrected chi connectivity index (χ3v) is 6.28. The molecular formula is C16H24OSi. The lowest BCUT2D eigenvalue weighted by Gasteiger charge is -2.33. The summed E-state index contributed by atoms with van der Waals surface area (Å²) in [7, 11) is -1.78. The molecule has 0 amide bonds. The van der Waals surface area contributed by atoms with Gasteiger partial charge in [-0.3, -0.25) is 0 Å². The minimum Gasteiger partial charge on any atom is -0.543 e. The average Bonchev–Trinajstić information content (AvgIpc) is 2.33. The number of rotatable bonds is 3. The molecule has 0 unspecified atom stereocenters. The van der Waals surface area contributed by atoms with Crippen LogP contribution in [0.3, 0.4) is 0 Å². The Morgan fingerprint density at radius 1 is 1.11 bits per heavy atom. The van der Waals surface area contributed by atoms with Gasteiger partial charge in [-0.05, 0) is 42.6 Å². The van der Waals surface area contributed by atoms with Crippen molar-refractivity contribution >= 4 is 13.5 Å². The van der Waals surface area contributed by atoms with E-state index in [4.69, 9.17) is 4.43 Å². The molecule has 1 aromatic rings. The molecule has 1 aromatic carbocycles. The molecule has 1 aliphatic carbocycles. The van der Waals surface area contributed by atoms with E-state index in [0.717, 1.165) is 12.8 Å². The Bertz CT molecular complexity index is 432. The highest BCUT2D eigenvalue weighted by molar-refractivity contribution is 6.84. The van der Waals surface area contributed by atoms with Crippen molar-refractivity contribution in [2.24, 2.45) is 5.41 Å². The molecule has 0 saturated heterocycles. The summed E-state index contributed by atoms with van der Waals surface area (Å²) < 4.78 is 6.36. The molecule has 0 aliphatic heterocycles. The smallest absolute Gasteiger partial charge is 0.276 e. The van der Waals surface area contributed by atoms with Gasteiger partial charge in [0.2, 0.25) is 0 Å². The zero-order chi connectivity index (χ0) is 13.2. The van der Waals surface area contributed by atoms with Gasteiger partial charge >= 0.3 is 0 Å². The molecule has 1 aliphatic rings. The zero-order valence-corrected chi connectivity index (χ0v) is 13.0. The molecule has 0 atom stereocenters. The van der Waals surface area contributed by atoms with Crippen molar-refractivity contribution in [3.05, 3.63) is 42.2 Å². The lowest BCUT2D eigenvalue weighted by atomic mass is 9.80. The van der Waals surface area contributed by atoms with Crippen molar-refractivity contribution in [2.75, 3.05) is 0 Å². The molecule has 0 bridgehead atoms. The second-order valence-electron chi connectivity index (χ2n) is 6.52. The quantitative estimate of drug-likeness (QED) is 0.740. The second kappa shape index (κ2) is 4.92. The van der Waals surface area contributed by atoms with Crippen LogP contribution in [0, 0.1) is 5.41 Å². The Morgan fingerprint density at radius 2 is 1.78 bits per heavy atom. The predicted molar refractivity (Wildman–Crippen MR) is 80.4 cm³/mol. The largest absolute Gasteiger partial charge is 0.543 e. The fraction of sp³-hybridized carbons (Fsp3) is 0.500. The van der Waals surface area contributed by atoms with Crippen molar-refractivity contribution in [3.8, 4) is 0 Å². The van der Waals surface area contributed by atoms with Crippen LogP contribution in [0.5, 0.6) is 0 Å². The topological polar surface area (TPSA) is 9.23 Å². The maximum atomic E-state index is 6.36. The summed E-state index contributed by atoms with van der Waals surface area (Å²) in [5.41, 5.74) is 0.450. The molecule has 18 heavy (non-hydrogen) atoms. The summed E-state index contributed by atoms with van der Waals surface area (Å²) in [5, 5.41) is 1.37. The Labute approximate surface area is 112 Å².